The van der Waals surface area contributed by atoms with E-state index in [2.05, 4.69) is 290 Å². The molecule has 16 nitrogen and oxygen atoms in total. The SMILES string of the molecule is c1ccc2c(c1)Cc1cc3c(cc1-2)Cc1c-3ccc2c1nc1c3cccnc3c3cnccc3n21.c1ccc2c(c1)Cc1cc3c(cc1-2)Cc1c-3ccc2c1nc1c3ccncc3c3cnccc3n21.c1ccc2c(c1)Cc1cc3c(cc1-2)Cc1c-3ccc2c1nc1c3cnccc3c3cnccc3n21.c1ccc2c(c1)Cc1cc3c(cc1-2)Cc1c-3ccc2c1nc1c3ncccc3c3cnccc3n21. The van der Waals surface area contributed by atoms with Gasteiger partial charge in [-0.1, -0.05) is 127 Å². The highest BCUT2D eigenvalue weighted by Crippen LogP contribution is 2.54. The number of rotatable bonds is 0. The Bertz CT molecular complexity index is 9460. The Labute approximate surface area is 796 Å². The van der Waals surface area contributed by atoms with Crippen molar-refractivity contribution >= 4 is 154 Å². The van der Waals surface area contributed by atoms with Gasteiger partial charge in [0, 0.05) is 161 Å². The van der Waals surface area contributed by atoms with Gasteiger partial charge in [-0.25, -0.2) is 19.9 Å². The second kappa shape index (κ2) is 27.7. The van der Waals surface area contributed by atoms with Gasteiger partial charge in [0.15, 0.2) is 5.65 Å². The molecule has 0 amide bonds. The van der Waals surface area contributed by atoms with E-state index in [0.717, 1.165) is 205 Å². The number of hydrogen-bond acceptors (Lipinski definition) is 12. The van der Waals surface area contributed by atoms with Crippen molar-refractivity contribution in [1.29, 1.82) is 0 Å². The van der Waals surface area contributed by atoms with Crippen LogP contribution >= 0.6 is 0 Å². The maximum atomic E-state index is 5.28. The normalized spacial score (nSPS) is 13.5. The van der Waals surface area contributed by atoms with E-state index in [1.165, 1.54) is 178 Å². The average Bonchev–Trinajstić information content (AvgIpc) is 1.56. The van der Waals surface area contributed by atoms with Crippen LogP contribution in [0.25, 0.3) is 243 Å². The molecule has 0 N–H and O–H groups in total. The van der Waals surface area contributed by atoms with E-state index in [1.54, 1.807) is 0 Å². The van der Waals surface area contributed by atoms with Crippen molar-refractivity contribution in [2.45, 2.75) is 51.4 Å². The molecule has 0 fully saturated rings. The third kappa shape index (κ3) is 10.3. The maximum absolute atomic E-state index is 5.28. The Morgan fingerprint density at radius 2 is 0.443 bits per heavy atom. The molecule has 28 aromatic rings. The second-order valence-corrected chi connectivity index (χ2v) is 38.8. The maximum Gasteiger partial charge on any atom is 0.165 e. The molecular weight excluding hydrogens is 1710 g/mol. The minimum atomic E-state index is 0.909. The van der Waals surface area contributed by atoms with Crippen LogP contribution in [-0.4, -0.2) is 77.4 Å². The highest BCUT2D eigenvalue weighted by atomic mass is 15.1. The van der Waals surface area contributed by atoms with Crippen LogP contribution in [0, 0.1) is 0 Å². The van der Waals surface area contributed by atoms with Crippen LogP contribution in [0.2, 0.25) is 0 Å². The lowest BCUT2D eigenvalue weighted by molar-refractivity contribution is 1.24. The van der Waals surface area contributed by atoms with E-state index in [1.807, 2.05) is 98.9 Å². The zero-order valence-corrected chi connectivity index (χ0v) is 75.1. The van der Waals surface area contributed by atoms with Crippen LogP contribution in [0.4, 0.5) is 0 Å². The first-order valence-electron chi connectivity index (χ1n) is 48.1. The lowest BCUT2D eigenvalue weighted by Gasteiger charge is -2.08. The Morgan fingerprint density at radius 1 is 0.157 bits per heavy atom. The number of nitrogens with zero attached hydrogens (tertiary/aromatic N) is 16. The summed E-state index contributed by atoms with van der Waals surface area (Å²) in [7, 11) is 0. The van der Waals surface area contributed by atoms with E-state index in [-0.39, 0.29) is 0 Å². The fourth-order valence-electron chi connectivity index (χ4n) is 25.8. The highest BCUT2D eigenvalue weighted by Gasteiger charge is 2.36. The molecule has 12 aromatic carbocycles. The molecule has 16 aromatic heterocycles. The van der Waals surface area contributed by atoms with Crippen LogP contribution in [-0.2, 0) is 51.4 Å². The van der Waals surface area contributed by atoms with Crippen LogP contribution in [0.3, 0.4) is 0 Å². The van der Waals surface area contributed by atoms with E-state index >= 15 is 0 Å². The lowest BCUT2D eigenvalue weighted by atomic mass is 9.98. The number of fused-ring (bicyclic) bond motifs is 60. The van der Waals surface area contributed by atoms with Crippen molar-refractivity contribution in [2.75, 3.05) is 0 Å². The quantitative estimate of drug-likeness (QED) is 0.132. The Hall–Kier alpha value is -18.3. The third-order valence-electron chi connectivity index (χ3n) is 31.9. The summed E-state index contributed by atoms with van der Waals surface area (Å²) in [6, 6.07) is 93.5. The first-order valence-corrected chi connectivity index (χ1v) is 48.1. The summed E-state index contributed by atoms with van der Waals surface area (Å²) in [5.74, 6) is 0. The summed E-state index contributed by atoms with van der Waals surface area (Å²) in [6.07, 6.45) is 34.2. The minimum absolute atomic E-state index is 0.909. The zero-order valence-electron chi connectivity index (χ0n) is 75.1. The molecule has 0 unspecified atom stereocenters. The number of imidazole rings is 4. The predicted octanol–water partition coefficient (Wildman–Crippen LogP) is 26.9. The van der Waals surface area contributed by atoms with Crippen LogP contribution in [0.1, 0.15) is 89.0 Å². The van der Waals surface area contributed by atoms with Crippen molar-refractivity contribution in [3.8, 4) is 89.0 Å². The molecule has 8 aliphatic carbocycles. The Balaban J connectivity index is 0.0000000829. The second-order valence-electron chi connectivity index (χ2n) is 38.8. The molecule has 8 aliphatic rings. The fourth-order valence-corrected chi connectivity index (χ4v) is 25.8. The van der Waals surface area contributed by atoms with E-state index < -0.39 is 0 Å². The van der Waals surface area contributed by atoms with Gasteiger partial charge in [0.25, 0.3) is 0 Å². The largest absolute Gasteiger partial charge is 0.292 e. The van der Waals surface area contributed by atoms with Gasteiger partial charge < -0.3 is 0 Å². The highest BCUT2D eigenvalue weighted by molar-refractivity contribution is 6.18. The zero-order chi connectivity index (χ0) is 90.7. The molecule has 0 saturated heterocycles. The first kappa shape index (κ1) is 75.1. The van der Waals surface area contributed by atoms with Gasteiger partial charge in [-0.3, -0.25) is 57.5 Å². The molecule has 0 saturated carbocycles. The van der Waals surface area contributed by atoms with Gasteiger partial charge in [-0.15, -0.1) is 0 Å². The number of hydrogen-bond donors (Lipinski definition) is 0. The van der Waals surface area contributed by atoms with Crippen molar-refractivity contribution < 1.29 is 0 Å². The standard InChI is InChI=1S/4C31H18N4/c1-2-5-20-17(4-1)12-18-13-24-19(14-23(18)20)15-25-21(24)7-8-28-30(25)34-31-22-6-3-10-33-29(22)26-16-32-11-9-27(26)35(28)31;1-2-5-20-17(4-1)12-18-13-24-19(14-23(18)20)15-25-21(24)7-8-28-29(25)34-31-30-22(6-3-10-33-30)26-16-32-11-9-27(26)35(28)31;1-2-4-20-17(3-1)11-18-12-24-19(13-23(18)20)14-25-21(24)5-6-29-30(25)34-31-22-7-9-32-15-26(22)27-16-33-10-8-28(27)35(29)31;1-2-4-20-17(3-1)11-18-12-24-19(13-23(18)20)14-25-21(24)5-6-29-30(25)34-31-27-16-32-9-7-22(27)26-15-33-10-8-28(26)35(29)31/h2*1-11,13-14,16H,12,15H2;2*1-10,12-13,15-16H,11,14H2. The van der Waals surface area contributed by atoms with Crippen LogP contribution in [0.15, 0.2) is 342 Å². The van der Waals surface area contributed by atoms with E-state index in [0.29, 0.717) is 0 Å². The number of aromatic nitrogens is 16. The molecule has 16 heterocycles. The summed E-state index contributed by atoms with van der Waals surface area (Å²) in [4.78, 5) is 56.9. The van der Waals surface area contributed by atoms with E-state index in [9.17, 15) is 0 Å². The van der Waals surface area contributed by atoms with Gasteiger partial charge in [-0.2, -0.15) is 0 Å². The van der Waals surface area contributed by atoms with Gasteiger partial charge in [0.1, 0.15) is 22.5 Å². The summed E-state index contributed by atoms with van der Waals surface area (Å²) in [6.45, 7) is 0. The Kier molecular flexibility index (Phi) is 14.9. The number of benzene rings is 12. The summed E-state index contributed by atoms with van der Waals surface area (Å²) in [5, 5.41) is 10.9. The Morgan fingerprint density at radius 3 is 0.850 bits per heavy atom. The molecule has 140 heavy (non-hydrogen) atoms. The molecule has 0 bridgehead atoms. The lowest BCUT2D eigenvalue weighted by Crippen LogP contribution is -1.93. The number of pyridine rings is 12. The molecule has 36 rings (SSSR count). The molecule has 0 radical (unpaired) electrons. The van der Waals surface area contributed by atoms with Gasteiger partial charge in [0.2, 0.25) is 0 Å². The molecule has 0 aliphatic heterocycles. The van der Waals surface area contributed by atoms with Crippen LogP contribution in [0.5, 0.6) is 0 Å². The first-order chi connectivity index (χ1) is 69.4. The fraction of sp³-hybridized carbons (Fsp3) is 0.0645. The van der Waals surface area contributed by atoms with Crippen molar-refractivity contribution in [3.63, 3.8) is 0 Å². The average molecular weight is 1790 g/mol. The minimum Gasteiger partial charge on any atom is -0.292 e. The molecule has 648 valence electrons. The smallest absolute Gasteiger partial charge is 0.165 e. The van der Waals surface area contributed by atoms with Crippen molar-refractivity contribution in [2.24, 2.45) is 0 Å². The van der Waals surface area contributed by atoms with Gasteiger partial charge >= 0.3 is 0 Å². The summed E-state index contributed by atoms with van der Waals surface area (Å²) in [5.41, 5.74) is 63.4. The van der Waals surface area contributed by atoms with Gasteiger partial charge in [-0.05, 0) is 336 Å². The van der Waals surface area contributed by atoms with Crippen LogP contribution < -0.4 is 0 Å². The monoisotopic (exact) mass is 1780 g/mol. The molecular formula is C124H72N16. The molecule has 16 heteroatoms. The third-order valence-corrected chi connectivity index (χ3v) is 31.9. The predicted molar refractivity (Wildman–Crippen MR) is 559 cm³/mol. The van der Waals surface area contributed by atoms with Crippen molar-refractivity contribution in [1.82, 2.24) is 77.4 Å². The van der Waals surface area contributed by atoms with E-state index in [4.69, 9.17) is 29.9 Å². The van der Waals surface area contributed by atoms with Gasteiger partial charge in [0.05, 0.1) is 71.7 Å². The molecule has 0 atom stereocenters. The molecule has 0 spiro atoms. The summed E-state index contributed by atoms with van der Waals surface area (Å²) >= 11 is 0. The van der Waals surface area contributed by atoms with Crippen molar-refractivity contribution in [3.05, 3.63) is 431 Å². The summed E-state index contributed by atoms with van der Waals surface area (Å²) < 4.78 is 9.14. The topological polar surface area (TPSA) is 172 Å².